The summed E-state index contributed by atoms with van der Waals surface area (Å²) in [6.45, 7) is 5.51. The second kappa shape index (κ2) is 9.25. The first-order chi connectivity index (χ1) is 14.5. The Morgan fingerprint density at radius 2 is 1.90 bits per heavy atom. The van der Waals surface area contributed by atoms with Gasteiger partial charge >= 0.3 is 6.03 Å². The number of nitrogens with zero attached hydrogens (tertiary/aromatic N) is 2. The number of hydrogen-bond donors (Lipinski definition) is 2. The summed E-state index contributed by atoms with van der Waals surface area (Å²) in [6, 6.07) is 7.76. The molecule has 1 heterocycles. The highest BCUT2D eigenvalue weighted by molar-refractivity contribution is 5.95. The van der Waals surface area contributed by atoms with Gasteiger partial charge in [0.2, 0.25) is 5.91 Å². The van der Waals surface area contributed by atoms with Crippen molar-refractivity contribution in [1.29, 1.82) is 0 Å². The molecule has 1 aromatic rings. The number of ether oxygens (including phenoxy) is 1. The number of anilines is 1. The summed E-state index contributed by atoms with van der Waals surface area (Å²) in [4.78, 5) is 29.0. The quantitative estimate of drug-likeness (QED) is 0.748. The fourth-order valence-corrected chi connectivity index (χ4v) is 5.66. The number of rotatable bonds is 6. The molecule has 3 amide bonds. The van der Waals surface area contributed by atoms with Crippen molar-refractivity contribution in [2.75, 3.05) is 44.7 Å². The van der Waals surface area contributed by atoms with Gasteiger partial charge in [-0.05, 0) is 56.1 Å². The lowest BCUT2D eigenvalue weighted by Gasteiger charge is -2.36. The van der Waals surface area contributed by atoms with Gasteiger partial charge in [-0.2, -0.15) is 0 Å². The normalized spacial score (nSPS) is 27.0. The topological polar surface area (TPSA) is 73.9 Å². The summed E-state index contributed by atoms with van der Waals surface area (Å²) in [7, 11) is 1.68. The van der Waals surface area contributed by atoms with Crippen LogP contribution in [0, 0.1) is 17.8 Å². The van der Waals surface area contributed by atoms with Crippen molar-refractivity contribution in [3.63, 3.8) is 0 Å². The van der Waals surface area contributed by atoms with E-state index in [1.54, 1.807) is 7.11 Å². The maximum Gasteiger partial charge on any atom is 0.321 e. The lowest BCUT2D eigenvalue weighted by Crippen LogP contribution is -2.52. The zero-order valence-corrected chi connectivity index (χ0v) is 18.1. The molecular weight excluding hydrogens is 380 g/mol. The summed E-state index contributed by atoms with van der Waals surface area (Å²) in [5.74, 6) is 2.79. The van der Waals surface area contributed by atoms with E-state index < -0.39 is 0 Å². The molecule has 0 aromatic heterocycles. The second-order valence-electron chi connectivity index (χ2n) is 9.08. The highest BCUT2D eigenvalue weighted by Crippen LogP contribution is 2.49. The van der Waals surface area contributed by atoms with Gasteiger partial charge in [-0.3, -0.25) is 15.0 Å². The maximum atomic E-state index is 12.4. The van der Waals surface area contributed by atoms with E-state index in [0.29, 0.717) is 5.92 Å². The van der Waals surface area contributed by atoms with Gasteiger partial charge < -0.3 is 15.0 Å². The Morgan fingerprint density at radius 3 is 2.57 bits per heavy atom. The van der Waals surface area contributed by atoms with E-state index in [-0.39, 0.29) is 24.5 Å². The van der Waals surface area contributed by atoms with Gasteiger partial charge in [0.15, 0.2) is 0 Å². The number of nitrogens with one attached hydrogen (secondary N) is 2. The van der Waals surface area contributed by atoms with Crippen molar-refractivity contribution in [3.8, 4) is 5.75 Å². The molecule has 7 nitrogen and oxygen atoms in total. The highest BCUT2D eigenvalue weighted by Gasteiger charge is 2.42. The number of amides is 3. The van der Waals surface area contributed by atoms with Crippen molar-refractivity contribution >= 4 is 17.6 Å². The van der Waals surface area contributed by atoms with Gasteiger partial charge in [0.05, 0.1) is 19.3 Å². The minimum absolute atomic E-state index is 0.123. The van der Waals surface area contributed by atoms with Crippen LogP contribution in [0.1, 0.15) is 32.6 Å². The minimum Gasteiger partial charge on any atom is -0.495 e. The number of urea groups is 1. The summed E-state index contributed by atoms with van der Waals surface area (Å²) in [6.07, 6.45) is 5.18. The van der Waals surface area contributed by atoms with E-state index >= 15 is 0 Å². The first kappa shape index (κ1) is 21.0. The van der Waals surface area contributed by atoms with Gasteiger partial charge in [-0.1, -0.05) is 18.6 Å². The first-order valence-corrected chi connectivity index (χ1v) is 11.2. The molecule has 3 fully saturated rings. The first-order valence-electron chi connectivity index (χ1n) is 11.2. The van der Waals surface area contributed by atoms with E-state index in [9.17, 15) is 9.59 Å². The molecule has 2 saturated carbocycles. The average molecular weight is 415 g/mol. The zero-order chi connectivity index (χ0) is 21.1. The highest BCUT2D eigenvalue weighted by atomic mass is 16.5. The summed E-state index contributed by atoms with van der Waals surface area (Å²) in [5.41, 5.74) is 1.08. The van der Waals surface area contributed by atoms with E-state index in [0.717, 1.165) is 49.5 Å². The third-order valence-electron chi connectivity index (χ3n) is 7.21. The molecule has 1 saturated heterocycles. The molecule has 4 unspecified atom stereocenters. The molecule has 7 heteroatoms. The monoisotopic (exact) mass is 414 g/mol. The number of benzene rings is 1. The number of imide groups is 1. The number of hydrogen-bond acceptors (Lipinski definition) is 5. The fraction of sp³-hybridized carbons (Fsp3) is 0.652. The van der Waals surface area contributed by atoms with Gasteiger partial charge in [0.25, 0.3) is 0 Å². The number of carbonyl (C=O) groups excluding carboxylic acids is 2. The average Bonchev–Trinajstić information content (AvgIpc) is 3.38. The van der Waals surface area contributed by atoms with Gasteiger partial charge in [-0.25, -0.2) is 4.79 Å². The van der Waals surface area contributed by atoms with Crippen LogP contribution in [0.4, 0.5) is 10.5 Å². The number of fused-ring (bicyclic) bond motifs is 2. The lowest BCUT2D eigenvalue weighted by atomic mass is 9.84. The smallest absolute Gasteiger partial charge is 0.321 e. The van der Waals surface area contributed by atoms with E-state index in [2.05, 4.69) is 33.4 Å². The number of piperazine rings is 1. The second-order valence-corrected chi connectivity index (χ2v) is 9.08. The Kier molecular flexibility index (Phi) is 6.46. The SMILES string of the molecule is COc1ccccc1N1CCN(CC(=O)NC(=O)NC(C)C2CC3CCC2C3)CC1. The molecule has 4 rings (SSSR count). The van der Waals surface area contributed by atoms with Crippen LogP contribution in [0.25, 0.3) is 0 Å². The van der Waals surface area contributed by atoms with Crippen molar-refractivity contribution in [1.82, 2.24) is 15.5 Å². The van der Waals surface area contributed by atoms with Crippen LogP contribution in [0.2, 0.25) is 0 Å². The van der Waals surface area contributed by atoms with Crippen LogP contribution >= 0.6 is 0 Å². The Morgan fingerprint density at radius 1 is 1.13 bits per heavy atom. The van der Waals surface area contributed by atoms with Crippen molar-refractivity contribution in [3.05, 3.63) is 24.3 Å². The molecule has 0 spiro atoms. The molecule has 2 aliphatic carbocycles. The number of methoxy groups -OCH3 is 1. The predicted octanol–water partition coefficient (Wildman–Crippen LogP) is 2.47. The van der Waals surface area contributed by atoms with Crippen LogP contribution in [0.3, 0.4) is 0 Å². The molecule has 0 radical (unpaired) electrons. The van der Waals surface area contributed by atoms with E-state index in [4.69, 9.17) is 4.74 Å². The van der Waals surface area contributed by atoms with Crippen LogP contribution in [-0.4, -0.2) is 62.7 Å². The Labute approximate surface area is 179 Å². The number of para-hydroxylation sites is 2. The van der Waals surface area contributed by atoms with E-state index in [1.807, 2.05) is 18.2 Å². The molecular formula is C23H34N4O3. The molecule has 30 heavy (non-hydrogen) atoms. The predicted molar refractivity (Wildman–Crippen MR) is 117 cm³/mol. The molecule has 1 aromatic carbocycles. The maximum absolute atomic E-state index is 12.4. The molecule has 3 aliphatic rings. The summed E-state index contributed by atoms with van der Waals surface area (Å²) >= 11 is 0. The van der Waals surface area contributed by atoms with Crippen molar-refractivity contribution in [2.45, 2.75) is 38.6 Å². The molecule has 2 N–H and O–H groups in total. The van der Waals surface area contributed by atoms with Crippen LogP contribution in [0.5, 0.6) is 5.75 Å². The fourth-order valence-electron chi connectivity index (χ4n) is 5.66. The van der Waals surface area contributed by atoms with Gasteiger partial charge in [0, 0.05) is 32.2 Å². The van der Waals surface area contributed by atoms with E-state index in [1.165, 1.54) is 25.7 Å². The largest absolute Gasteiger partial charge is 0.495 e. The van der Waals surface area contributed by atoms with Crippen LogP contribution in [0.15, 0.2) is 24.3 Å². The lowest BCUT2D eigenvalue weighted by molar-refractivity contribution is -0.121. The molecule has 2 bridgehead atoms. The van der Waals surface area contributed by atoms with Crippen LogP contribution < -0.4 is 20.3 Å². The molecule has 4 atom stereocenters. The Bertz CT molecular complexity index is 763. The third-order valence-corrected chi connectivity index (χ3v) is 7.21. The Hall–Kier alpha value is -2.28. The van der Waals surface area contributed by atoms with Crippen molar-refractivity contribution < 1.29 is 14.3 Å². The molecule has 1 aliphatic heterocycles. The Balaban J connectivity index is 1.19. The third kappa shape index (κ3) is 4.72. The van der Waals surface area contributed by atoms with Crippen molar-refractivity contribution in [2.24, 2.45) is 17.8 Å². The minimum atomic E-state index is -0.358. The summed E-state index contributed by atoms with van der Waals surface area (Å²) < 4.78 is 5.45. The molecule has 164 valence electrons. The van der Waals surface area contributed by atoms with Gasteiger partial charge in [0.1, 0.15) is 5.75 Å². The standard InChI is InChI=1S/C23H34N4O3/c1-16(19-14-17-7-8-18(19)13-17)24-23(29)25-22(28)15-26-9-11-27(12-10-26)20-5-3-4-6-21(20)30-2/h3-6,16-19H,7-15H2,1-2H3,(H2,24,25,28,29). The zero-order valence-electron chi connectivity index (χ0n) is 18.1. The van der Waals surface area contributed by atoms with Crippen LogP contribution in [-0.2, 0) is 4.79 Å². The van der Waals surface area contributed by atoms with Gasteiger partial charge in [-0.15, -0.1) is 0 Å². The number of carbonyl (C=O) groups is 2. The summed E-state index contributed by atoms with van der Waals surface area (Å²) in [5, 5.41) is 5.53.